The molecule has 0 spiro atoms. The third-order valence-corrected chi connectivity index (χ3v) is 3.39. The fourth-order valence-corrected chi connectivity index (χ4v) is 2.52. The Morgan fingerprint density at radius 2 is 1.57 bits per heavy atom. The summed E-state index contributed by atoms with van der Waals surface area (Å²) in [5.74, 6) is 0. The zero-order valence-electron chi connectivity index (χ0n) is 8.55. The molecule has 1 fully saturated rings. The van der Waals surface area contributed by atoms with Crippen LogP contribution >= 0.6 is 0 Å². The van der Waals surface area contributed by atoms with Gasteiger partial charge in [0.05, 0.1) is 0 Å². The summed E-state index contributed by atoms with van der Waals surface area (Å²) in [5.41, 5.74) is 6.58. The molecule has 2 aliphatic rings. The van der Waals surface area contributed by atoms with Gasteiger partial charge in [-0.15, -0.1) is 0 Å². The molecule has 2 aliphatic carbocycles. The number of hydrogen-bond acceptors (Lipinski definition) is 0. The Bertz CT molecular complexity index is 379. The Balaban J connectivity index is 2.13. The standard InChI is InChI=1S/C14H16/c1-3-7-13-11(5-1)6-2-4-8-14(13)12-9-10-12/h1,3,5,7H,2,4,6,8-10H2. The predicted octanol–water partition coefficient (Wildman–Crippen LogP) is 3.96. The van der Waals surface area contributed by atoms with Gasteiger partial charge < -0.3 is 0 Å². The van der Waals surface area contributed by atoms with Gasteiger partial charge in [-0.1, -0.05) is 29.8 Å². The molecular formula is C14H16. The first-order valence-corrected chi connectivity index (χ1v) is 5.74. The molecule has 0 heterocycles. The van der Waals surface area contributed by atoms with E-state index >= 15 is 0 Å². The molecule has 0 nitrogen and oxygen atoms in total. The first kappa shape index (κ1) is 8.28. The summed E-state index contributed by atoms with van der Waals surface area (Å²) < 4.78 is 0. The molecule has 1 aromatic rings. The lowest BCUT2D eigenvalue weighted by molar-refractivity contribution is 0.771. The maximum atomic E-state index is 2.32. The minimum Gasteiger partial charge on any atom is -0.0658 e. The topological polar surface area (TPSA) is 0 Å². The summed E-state index contributed by atoms with van der Waals surface area (Å²) in [4.78, 5) is 0. The first-order valence-electron chi connectivity index (χ1n) is 5.74. The van der Waals surface area contributed by atoms with Crippen molar-refractivity contribution < 1.29 is 0 Å². The summed E-state index contributed by atoms with van der Waals surface area (Å²) in [7, 11) is 0. The van der Waals surface area contributed by atoms with Crippen molar-refractivity contribution in [2.75, 3.05) is 0 Å². The predicted molar refractivity (Wildman–Crippen MR) is 60.2 cm³/mol. The number of fused-ring (bicyclic) bond motifs is 1. The highest BCUT2D eigenvalue weighted by Gasteiger charge is 2.21. The molecule has 0 N–H and O–H groups in total. The molecule has 0 unspecified atom stereocenters. The van der Waals surface area contributed by atoms with Gasteiger partial charge in [-0.05, 0) is 55.2 Å². The minimum absolute atomic E-state index is 1.28. The molecule has 1 aromatic carbocycles. The van der Waals surface area contributed by atoms with Gasteiger partial charge >= 0.3 is 0 Å². The van der Waals surface area contributed by atoms with Gasteiger partial charge in [0.25, 0.3) is 0 Å². The fraction of sp³-hybridized carbons (Fsp3) is 0.429. The van der Waals surface area contributed by atoms with Crippen molar-refractivity contribution in [3.05, 3.63) is 41.0 Å². The van der Waals surface area contributed by atoms with Crippen molar-refractivity contribution in [2.24, 2.45) is 0 Å². The molecule has 0 radical (unpaired) electrons. The van der Waals surface area contributed by atoms with E-state index in [0.717, 1.165) is 0 Å². The van der Waals surface area contributed by atoms with Crippen molar-refractivity contribution in [2.45, 2.75) is 38.5 Å². The molecule has 14 heavy (non-hydrogen) atoms. The van der Waals surface area contributed by atoms with Crippen LogP contribution in [0, 0.1) is 0 Å². The van der Waals surface area contributed by atoms with Crippen LogP contribution in [-0.4, -0.2) is 0 Å². The molecule has 0 atom stereocenters. The van der Waals surface area contributed by atoms with E-state index in [2.05, 4.69) is 24.3 Å². The SMILES string of the molecule is c1ccc2c(c1)CCCCC2=C1CC1. The van der Waals surface area contributed by atoms with Gasteiger partial charge in [-0.2, -0.15) is 0 Å². The summed E-state index contributed by atoms with van der Waals surface area (Å²) in [6, 6.07) is 9.00. The molecular weight excluding hydrogens is 168 g/mol. The molecule has 72 valence electrons. The van der Waals surface area contributed by atoms with Crippen molar-refractivity contribution in [3.63, 3.8) is 0 Å². The smallest absolute Gasteiger partial charge is 0.0193 e. The van der Waals surface area contributed by atoms with Crippen LogP contribution in [0.25, 0.3) is 5.57 Å². The Hall–Kier alpha value is -1.04. The van der Waals surface area contributed by atoms with Crippen LogP contribution in [0.15, 0.2) is 29.8 Å². The summed E-state index contributed by atoms with van der Waals surface area (Å²) in [5, 5.41) is 0. The van der Waals surface area contributed by atoms with E-state index in [9.17, 15) is 0 Å². The van der Waals surface area contributed by atoms with Crippen LogP contribution in [0.1, 0.15) is 43.2 Å². The van der Waals surface area contributed by atoms with Crippen molar-refractivity contribution >= 4 is 5.57 Å². The molecule has 0 aromatic heterocycles. The van der Waals surface area contributed by atoms with Crippen LogP contribution < -0.4 is 0 Å². The Kier molecular flexibility index (Phi) is 1.93. The highest BCUT2D eigenvalue weighted by Crippen LogP contribution is 2.41. The van der Waals surface area contributed by atoms with E-state index in [-0.39, 0.29) is 0 Å². The maximum absolute atomic E-state index is 2.32. The summed E-state index contributed by atoms with van der Waals surface area (Å²) in [6.07, 6.45) is 8.09. The largest absolute Gasteiger partial charge is 0.0658 e. The molecule has 0 saturated heterocycles. The van der Waals surface area contributed by atoms with Gasteiger partial charge in [0.1, 0.15) is 0 Å². The fourth-order valence-electron chi connectivity index (χ4n) is 2.52. The number of benzene rings is 1. The van der Waals surface area contributed by atoms with E-state index in [1.807, 2.05) is 0 Å². The number of allylic oxidation sites excluding steroid dienone is 2. The van der Waals surface area contributed by atoms with Crippen molar-refractivity contribution in [1.82, 2.24) is 0 Å². The van der Waals surface area contributed by atoms with Crippen LogP contribution in [0.5, 0.6) is 0 Å². The molecule has 3 rings (SSSR count). The highest BCUT2D eigenvalue weighted by atomic mass is 14.3. The van der Waals surface area contributed by atoms with E-state index in [1.165, 1.54) is 38.5 Å². The second kappa shape index (κ2) is 3.27. The lowest BCUT2D eigenvalue weighted by Crippen LogP contribution is -1.88. The molecule has 0 amide bonds. The lowest BCUT2D eigenvalue weighted by Gasteiger charge is -2.07. The molecule has 0 heteroatoms. The molecule has 0 bridgehead atoms. The minimum atomic E-state index is 1.28. The number of rotatable bonds is 0. The molecule has 1 saturated carbocycles. The maximum Gasteiger partial charge on any atom is -0.0193 e. The highest BCUT2D eigenvalue weighted by molar-refractivity contribution is 5.74. The van der Waals surface area contributed by atoms with Gasteiger partial charge in [0.2, 0.25) is 0 Å². The zero-order valence-corrected chi connectivity index (χ0v) is 8.55. The Morgan fingerprint density at radius 3 is 2.43 bits per heavy atom. The average Bonchev–Trinajstić information content (AvgIpc) is 3.03. The number of hydrogen-bond donors (Lipinski definition) is 0. The third-order valence-electron chi connectivity index (χ3n) is 3.39. The van der Waals surface area contributed by atoms with E-state index in [4.69, 9.17) is 0 Å². The third kappa shape index (κ3) is 1.39. The van der Waals surface area contributed by atoms with Gasteiger partial charge in [0, 0.05) is 0 Å². The summed E-state index contributed by atoms with van der Waals surface area (Å²) in [6.45, 7) is 0. The Morgan fingerprint density at radius 1 is 0.786 bits per heavy atom. The molecule has 0 aliphatic heterocycles. The van der Waals surface area contributed by atoms with Gasteiger partial charge in [0.15, 0.2) is 0 Å². The van der Waals surface area contributed by atoms with Gasteiger partial charge in [-0.25, -0.2) is 0 Å². The van der Waals surface area contributed by atoms with Crippen molar-refractivity contribution in [1.29, 1.82) is 0 Å². The van der Waals surface area contributed by atoms with Crippen LogP contribution in [0.3, 0.4) is 0 Å². The quantitative estimate of drug-likeness (QED) is 0.535. The van der Waals surface area contributed by atoms with Gasteiger partial charge in [-0.3, -0.25) is 0 Å². The second-order valence-corrected chi connectivity index (χ2v) is 4.45. The normalized spacial score (nSPS) is 20.3. The first-order chi connectivity index (χ1) is 6.95. The van der Waals surface area contributed by atoms with E-state index in [1.54, 1.807) is 22.3 Å². The van der Waals surface area contributed by atoms with Crippen molar-refractivity contribution in [3.8, 4) is 0 Å². The van der Waals surface area contributed by atoms with E-state index in [0.29, 0.717) is 0 Å². The monoisotopic (exact) mass is 184 g/mol. The lowest BCUT2D eigenvalue weighted by atomic mass is 9.98. The van der Waals surface area contributed by atoms with Crippen LogP contribution in [-0.2, 0) is 6.42 Å². The van der Waals surface area contributed by atoms with E-state index < -0.39 is 0 Å². The Labute approximate surface area is 85.6 Å². The number of aryl methyl sites for hydroxylation is 1. The summed E-state index contributed by atoms with van der Waals surface area (Å²) >= 11 is 0. The average molecular weight is 184 g/mol. The van der Waals surface area contributed by atoms with Crippen LogP contribution in [0.4, 0.5) is 0 Å². The van der Waals surface area contributed by atoms with Crippen LogP contribution in [0.2, 0.25) is 0 Å². The zero-order chi connectivity index (χ0) is 9.38. The second-order valence-electron chi connectivity index (χ2n) is 4.45.